The van der Waals surface area contributed by atoms with Gasteiger partial charge in [0, 0.05) is 33.8 Å². The standard InChI is InChI=1S/C19H18N2O2S2/c1-14-13-24-19(23)21(14)12-11-18(22)20-16-9-5-6-10-17(16)25-15-7-3-2-4-8-15/h2-10,13H,11-12H2,1H3,(H,20,22). The van der Waals surface area contributed by atoms with Gasteiger partial charge in [-0.25, -0.2) is 0 Å². The molecule has 3 rings (SSSR count). The van der Waals surface area contributed by atoms with Crippen molar-refractivity contribution in [3.63, 3.8) is 0 Å². The fourth-order valence-electron chi connectivity index (χ4n) is 2.38. The highest BCUT2D eigenvalue weighted by Crippen LogP contribution is 2.33. The number of aromatic nitrogens is 1. The Labute approximate surface area is 154 Å². The largest absolute Gasteiger partial charge is 0.325 e. The first-order valence-electron chi connectivity index (χ1n) is 7.90. The van der Waals surface area contributed by atoms with Gasteiger partial charge in [-0.2, -0.15) is 0 Å². The lowest BCUT2D eigenvalue weighted by Gasteiger charge is -2.11. The third-order valence-corrected chi connectivity index (χ3v) is 5.64. The Morgan fingerprint density at radius 3 is 2.56 bits per heavy atom. The minimum atomic E-state index is -0.0985. The maximum absolute atomic E-state index is 12.3. The average molecular weight is 370 g/mol. The van der Waals surface area contributed by atoms with E-state index in [1.54, 1.807) is 16.3 Å². The van der Waals surface area contributed by atoms with E-state index in [4.69, 9.17) is 0 Å². The second-order valence-electron chi connectivity index (χ2n) is 5.50. The number of anilines is 1. The predicted octanol–water partition coefficient (Wildman–Crippen LogP) is 4.40. The highest BCUT2D eigenvalue weighted by atomic mass is 32.2. The van der Waals surface area contributed by atoms with Crippen molar-refractivity contribution in [1.29, 1.82) is 0 Å². The van der Waals surface area contributed by atoms with Gasteiger partial charge in [0.1, 0.15) is 0 Å². The third-order valence-electron chi connectivity index (χ3n) is 3.67. The molecule has 4 nitrogen and oxygen atoms in total. The number of carbonyl (C=O) groups excluding carboxylic acids is 1. The van der Waals surface area contributed by atoms with Gasteiger partial charge in [-0.1, -0.05) is 53.4 Å². The second kappa shape index (κ2) is 8.18. The summed E-state index contributed by atoms with van der Waals surface area (Å²) in [7, 11) is 0. The van der Waals surface area contributed by atoms with Crippen molar-refractivity contribution in [2.75, 3.05) is 5.32 Å². The Morgan fingerprint density at radius 1 is 1.12 bits per heavy atom. The third kappa shape index (κ3) is 4.61. The minimum Gasteiger partial charge on any atom is -0.325 e. The van der Waals surface area contributed by atoms with E-state index in [0.717, 1.165) is 32.5 Å². The van der Waals surface area contributed by atoms with Gasteiger partial charge in [0.25, 0.3) is 0 Å². The average Bonchev–Trinajstić information content (AvgIpc) is 2.94. The van der Waals surface area contributed by atoms with E-state index in [1.165, 1.54) is 0 Å². The summed E-state index contributed by atoms with van der Waals surface area (Å²) in [6.45, 7) is 2.27. The molecule has 3 aromatic rings. The van der Waals surface area contributed by atoms with Crippen LogP contribution in [-0.4, -0.2) is 10.5 Å². The molecule has 0 saturated heterocycles. The lowest BCUT2D eigenvalue weighted by Crippen LogP contribution is -2.20. The van der Waals surface area contributed by atoms with Gasteiger partial charge in [-0.05, 0) is 31.2 Å². The van der Waals surface area contributed by atoms with Crippen molar-refractivity contribution in [3.05, 3.63) is 75.3 Å². The van der Waals surface area contributed by atoms with Crippen molar-refractivity contribution in [3.8, 4) is 0 Å². The molecule has 0 bridgehead atoms. The van der Waals surface area contributed by atoms with Crippen molar-refractivity contribution >= 4 is 34.7 Å². The van der Waals surface area contributed by atoms with Crippen LogP contribution in [0.15, 0.2) is 74.6 Å². The molecule has 1 N–H and O–H groups in total. The molecule has 1 heterocycles. The number of hydrogen-bond donors (Lipinski definition) is 1. The number of hydrogen-bond acceptors (Lipinski definition) is 4. The zero-order valence-corrected chi connectivity index (χ0v) is 15.4. The highest BCUT2D eigenvalue weighted by molar-refractivity contribution is 7.99. The second-order valence-corrected chi connectivity index (χ2v) is 7.44. The first-order valence-corrected chi connectivity index (χ1v) is 9.60. The quantitative estimate of drug-likeness (QED) is 0.700. The molecule has 0 saturated carbocycles. The zero-order valence-electron chi connectivity index (χ0n) is 13.8. The molecule has 25 heavy (non-hydrogen) atoms. The summed E-state index contributed by atoms with van der Waals surface area (Å²) in [6.07, 6.45) is 0.266. The van der Waals surface area contributed by atoms with E-state index in [0.29, 0.717) is 6.54 Å². The Kier molecular flexibility index (Phi) is 5.73. The normalized spacial score (nSPS) is 10.6. The number of nitrogens with one attached hydrogen (secondary N) is 1. The van der Waals surface area contributed by atoms with Gasteiger partial charge in [0.2, 0.25) is 5.91 Å². The van der Waals surface area contributed by atoms with Crippen LogP contribution in [0, 0.1) is 6.92 Å². The van der Waals surface area contributed by atoms with Crippen LogP contribution in [0.2, 0.25) is 0 Å². The predicted molar refractivity (Wildman–Crippen MR) is 104 cm³/mol. The summed E-state index contributed by atoms with van der Waals surface area (Å²) >= 11 is 2.77. The highest BCUT2D eigenvalue weighted by Gasteiger charge is 2.10. The fourth-order valence-corrected chi connectivity index (χ4v) is 4.06. The number of aryl methyl sites for hydroxylation is 1. The minimum absolute atomic E-state index is 0.0228. The van der Waals surface area contributed by atoms with Gasteiger partial charge in [0.15, 0.2) is 0 Å². The molecule has 0 unspecified atom stereocenters. The molecule has 128 valence electrons. The van der Waals surface area contributed by atoms with E-state index in [2.05, 4.69) is 5.32 Å². The molecule has 2 aromatic carbocycles. The van der Waals surface area contributed by atoms with Gasteiger partial charge in [0.05, 0.1) is 5.69 Å². The van der Waals surface area contributed by atoms with Crippen molar-refractivity contribution < 1.29 is 4.79 Å². The number of para-hydroxylation sites is 1. The Balaban J connectivity index is 1.66. The molecule has 0 spiro atoms. The molecule has 0 aliphatic carbocycles. The topological polar surface area (TPSA) is 51.1 Å². The number of carbonyl (C=O) groups is 1. The first kappa shape index (κ1) is 17.5. The van der Waals surface area contributed by atoms with Gasteiger partial charge in [-0.15, -0.1) is 0 Å². The zero-order chi connectivity index (χ0) is 17.6. The Hall–Kier alpha value is -2.31. The lowest BCUT2D eigenvalue weighted by molar-refractivity contribution is -0.116. The monoisotopic (exact) mass is 370 g/mol. The van der Waals surface area contributed by atoms with E-state index >= 15 is 0 Å². The number of nitrogens with zero attached hydrogens (tertiary/aromatic N) is 1. The van der Waals surface area contributed by atoms with Crippen LogP contribution < -0.4 is 10.2 Å². The summed E-state index contributed by atoms with van der Waals surface area (Å²) in [5.74, 6) is -0.0985. The summed E-state index contributed by atoms with van der Waals surface area (Å²) in [5.41, 5.74) is 1.68. The Bertz CT molecular complexity index is 916. The lowest BCUT2D eigenvalue weighted by atomic mass is 10.3. The van der Waals surface area contributed by atoms with Crippen molar-refractivity contribution in [2.45, 2.75) is 29.7 Å². The van der Waals surface area contributed by atoms with Crippen LogP contribution in [0.1, 0.15) is 12.1 Å². The van der Waals surface area contributed by atoms with Crippen LogP contribution >= 0.6 is 23.1 Å². The maximum atomic E-state index is 12.3. The van der Waals surface area contributed by atoms with E-state index < -0.39 is 0 Å². The van der Waals surface area contributed by atoms with E-state index in [-0.39, 0.29) is 17.2 Å². The van der Waals surface area contributed by atoms with Crippen molar-refractivity contribution in [2.24, 2.45) is 0 Å². The summed E-state index contributed by atoms with van der Waals surface area (Å²) in [4.78, 5) is 26.1. The molecule has 1 aromatic heterocycles. The van der Waals surface area contributed by atoms with Crippen LogP contribution in [0.5, 0.6) is 0 Å². The molecule has 1 amide bonds. The number of rotatable bonds is 6. The number of thiazole rings is 1. The molecule has 0 radical (unpaired) electrons. The summed E-state index contributed by atoms with van der Waals surface area (Å²) in [6, 6.07) is 17.8. The molecule has 0 fully saturated rings. The van der Waals surface area contributed by atoms with Crippen LogP contribution in [0.4, 0.5) is 5.69 Å². The molecule has 0 aliphatic heterocycles. The molecular weight excluding hydrogens is 352 g/mol. The van der Waals surface area contributed by atoms with Crippen LogP contribution in [0.25, 0.3) is 0 Å². The van der Waals surface area contributed by atoms with Gasteiger partial charge >= 0.3 is 4.87 Å². The molecule has 6 heteroatoms. The Morgan fingerprint density at radius 2 is 1.84 bits per heavy atom. The van der Waals surface area contributed by atoms with Gasteiger partial charge in [-0.3, -0.25) is 9.59 Å². The smallest absolute Gasteiger partial charge is 0.307 e. The van der Waals surface area contributed by atoms with E-state index in [9.17, 15) is 9.59 Å². The van der Waals surface area contributed by atoms with E-state index in [1.807, 2.05) is 66.9 Å². The van der Waals surface area contributed by atoms with Gasteiger partial charge < -0.3 is 9.88 Å². The number of amides is 1. The molecule has 0 atom stereocenters. The first-order chi connectivity index (χ1) is 12.1. The summed E-state index contributed by atoms with van der Waals surface area (Å²) < 4.78 is 1.63. The fraction of sp³-hybridized carbons (Fsp3) is 0.158. The maximum Gasteiger partial charge on any atom is 0.307 e. The van der Waals surface area contributed by atoms with Crippen molar-refractivity contribution in [1.82, 2.24) is 4.57 Å². The molecular formula is C19H18N2O2S2. The number of benzene rings is 2. The van der Waals surface area contributed by atoms with Crippen LogP contribution in [-0.2, 0) is 11.3 Å². The summed E-state index contributed by atoms with van der Waals surface area (Å²) in [5, 5.41) is 4.77. The van der Waals surface area contributed by atoms with Crippen LogP contribution in [0.3, 0.4) is 0 Å². The molecule has 0 aliphatic rings. The SMILES string of the molecule is Cc1csc(=O)n1CCC(=O)Nc1ccccc1Sc1ccccc1.